The summed E-state index contributed by atoms with van der Waals surface area (Å²) < 4.78 is 58.8. The van der Waals surface area contributed by atoms with E-state index >= 15 is 0 Å². The van der Waals surface area contributed by atoms with Gasteiger partial charge in [-0.1, -0.05) is 415 Å². The van der Waals surface area contributed by atoms with E-state index in [1.165, 1.54) is 421 Å². The number of nitrogens with zero attached hydrogens (tertiary/aromatic N) is 3. The maximum absolute atomic E-state index is 7.17. The van der Waals surface area contributed by atoms with E-state index < -0.39 is 0 Å². The van der Waals surface area contributed by atoms with E-state index in [1.807, 2.05) is 0 Å². The van der Waals surface area contributed by atoms with Crippen LogP contribution in [0, 0.1) is 0 Å². The molecule has 0 spiro atoms. The number of aromatic amines is 1. The van der Waals surface area contributed by atoms with Gasteiger partial charge in [-0.15, -0.1) is 0 Å². The summed E-state index contributed by atoms with van der Waals surface area (Å²) in [5.41, 5.74) is 17.9. The van der Waals surface area contributed by atoms with E-state index in [0.717, 1.165) is 159 Å². The van der Waals surface area contributed by atoms with Crippen LogP contribution in [-0.4, -0.2) is 125 Å². The number of ether oxygens (including phenoxy) is 8. The Morgan fingerprint density at radius 2 is 0.465 bits per heavy atom. The van der Waals surface area contributed by atoms with Gasteiger partial charge in [0.25, 0.3) is 0 Å². The zero-order valence-electron chi connectivity index (χ0n) is 86.4. The molecule has 13 heteroatoms. The Hall–Kier alpha value is -3.10. The Bertz CT molecular complexity index is 3290. The van der Waals surface area contributed by atoms with Crippen LogP contribution in [0.2, 0.25) is 0 Å². The Morgan fingerprint density at radius 1 is 0.225 bits per heavy atom. The molecule has 2 aliphatic rings. The zero-order chi connectivity index (χ0) is 90.8. The number of aromatic nitrogens is 4. The predicted molar refractivity (Wildman–Crippen MR) is 556 cm³/mol. The van der Waals surface area contributed by atoms with Gasteiger partial charge in [0.15, 0.2) is 0 Å². The number of H-pyrrole nitrogens is 1. The molecule has 1 N–H and O–H groups in total. The van der Waals surface area contributed by atoms with Crippen LogP contribution in [0.3, 0.4) is 0 Å². The molecular formula is C116H206N4O8Zn. The van der Waals surface area contributed by atoms with Gasteiger partial charge in [-0.2, -0.15) is 0 Å². The third kappa shape index (κ3) is 57.0. The molecule has 3 aromatic heterocycles. The minimum atomic E-state index is 0. The number of rotatable bonds is 96. The van der Waals surface area contributed by atoms with E-state index in [-0.39, 0.29) is 19.5 Å². The molecule has 5 heterocycles. The van der Waals surface area contributed by atoms with Gasteiger partial charge >= 0.3 is 0 Å². The van der Waals surface area contributed by atoms with E-state index in [4.69, 9.17) is 47.9 Å². The molecule has 0 atom stereocenters. The second-order valence-corrected chi connectivity index (χ2v) is 38.7. The van der Waals surface area contributed by atoms with Crippen molar-refractivity contribution >= 4 is 45.9 Å². The van der Waals surface area contributed by atoms with Gasteiger partial charge in [-0.05, 0) is 155 Å². The van der Waals surface area contributed by atoms with Crippen molar-refractivity contribution in [2.75, 3.05) is 106 Å². The fraction of sp³-hybridized carbons (Fsp3) is 0.828. The maximum Gasteiger partial charge on any atom is 0.0724 e. The summed E-state index contributed by atoms with van der Waals surface area (Å²) in [4.78, 5) is 16.2. The molecule has 2 aliphatic heterocycles. The molecule has 3 aromatic rings. The van der Waals surface area contributed by atoms with Crippen molar-refractivity contribution in [3.63, 3.8) is 0 Å². The topological polar surface area (TPSA) is 120 Å². The largest absolute Gasteiger partial charge is 0.381 e. The summed E-state index contributed by atoms with van der Waals surface area (Å²) in [6, 6.07) is 4.69. The molecular weight excluding hydrogens is 1640 g/mol. The van der Waals surface area contributed by atoms with Crippen molar-refractivity contribution in [1.29, 1.82) is 0 Å². The van der Waals surface area contributed by atoms with Crippen LogP contribution in [0.25, 0.3) is 45.9 Å². The average molecular weight is 1850 g/mol. The van der Waals surface area contributed by atoms with Gasteiger partial charge < -0.3 is 47.4 Å². The van der Waals surface area contributed by atoms with Crippen molar-refractivity contribution in [2.24, 2.45) is 0 Å². The summed E-state index contributed by atoms with van der Waals surface area (Å²) in [5.74, 6) is 0. The Labute approximate surface area is 809 Å². The molecule has 12 nitrogen and oxygen atoms in total. The molecule has 0 aliphatic carbocycles. The molecule has 0 saturated heterocycles. The molecule has 740 valence electrons. The molecule has 8 bridgehead atoms. The predicted octanol–water partition coefficient (Wildman–Crippen LogP) is 34.4. The van der Waals surface area contributed by atoms with Crippen molar-refractivity contribution in [3.8, 4) is 0 Å². The van der Waals surface area contributed by atoms with Gasteiger partial charge in [-0.25, -0.2) is 9.97 Å². The Kier molecular flexibility index (Phi) is 79.2. The zero-order valence-corrected chi connectivity index (χ0v) is 89.4. The second-order valence-electron chi connectivity index (χ2n) is 38.7. The van der Waals surface area contributed by atoms with Crippen LogP contribution in [0.15, 0.2) is 12.1 Å². The van der Waals surface area contributed by atoms with Crippen LogP contribution >= 0.6 is 0 Å². The van der Waals surface area contributed by atoms with Crippen LogP contribution in [0.1, 0.15) is 529 Å². The van der Waals surface area contributed by atoms with E-state index in [2.05, 4.69) is 95.3 Å². The molecule has 0 radical (unpaired) electrons. The normalized spacial score (nSPS) is 12.2. The maximum atomic E-state index is 7.17. The summed E-state index contributed by atoms with van der Waals surface area (Å²) >= 11 is 0. The monoisotopic (exact) mass is 1850 g/mol. The van der Waals surface area contributed by atoms with Crippen LogP contribution in [0.5, 0.6) is 0 Å². The summed E-state index contributed by atoms with van der Waals surface area (Å²) in [5, 5.41) is 0. The standard InChI is InChI=1S/C116H206N4O8.Zn/c1-9-17-25-33-41-49-57-65-83-121-91-75-102-99-105-100-103-73-74-104(117-103)101-112-106(76-92-122-84-66-58-50-42-34-26-18-10-2)109(79-95-125-87-69-61-53-45-37-29-21-13-5)116(120(112)82-98-128-90-72-64-56-48-40-32-24-16-8)111(81-97-127-89-71-63-55-47-39-31-23-15-7)115-108(78-94-124-86-68-60-52-44-36-28-20-12-4)107(77-93-123-85-67-59-51-43-35-27-19-11-3)114(119-115)110(113(102)118-105)80-96-126-88-70-62-54-46-38-30-22-14-6;/h73-74,99-101,119H,9-72,75-98H2,1-8H3;. The first-order valence-electron chi connectivity index (χ1n) is 56.3. The van der Waals surface area contributed by atoms with Crippen molar-refractivity contribution in [1.82, 2.24) is 19.5 Å². The quantitative estimate of drug-likeness (QED) is 0.0338. The third-order valence-electron chi connectivity index (χ3n) is 27.1. The van der Waals surface area contributed by atoms with Gasteiger partial charge in [0.05, 0.1) is 81.1 Å². The molecule has 129 heavy (non-hydrogen) atoms. The fourth-order valence-electron chi connectivity index (χ4n) is 19.2. The summed E-state index contributed by atoms with van der Waals surface area (Å²) in [7, 11) is 0. The molecule has 0 amide bonds. The Morgan fingerprint density at radius 3 is 0.775 bits per heavy atom. The molecule has 0 saturated carbocycles. The first-order valence-corrected chi connectivity index (χ1v) is 56.3. The fourth-order valence-corrected chi connectivity index (χ4v) is 19.2. The van der Waals surface area contributed by atoms with Crippen molar-refractivity contribution in [2.45, 2.75) is 518 Å². The summed E-state index contributed by atoms with van der Waals surface area (Å²) in [6.45, 7) is 30.3. The minimum Gasteiger partial charge on any atom is -0.381 e. The number of nitrogens with one attached hydrogen (secondary N) is 1. The average Bonchev–Trinajstić information content (AvgIpc) is 1.58. The first-order chi connectivity index (χ1) is 63.5. The van der Waals surface area contributed by atoms with E-state index in [9.17, 15) is 0 Å². The SMILES string of the molecule is CCCCCCCCCCOCCC1=Cc2cc3nc(cc4c(CCOCCCCCCCCCC)c(CCOCCCCCCCCCC)c(c(CCOCCCCCCCCCC)c5[nH]c(c(CCOCCCCCCCCCC)c1n2)c(CCOCCCCCCCCCC)c5CCOCCCCCCCCCC)n4CCOCCCCCCCCCC)C=C3.[Zn]. The first kappa shape index (κ1) is 118. The second kappa shape index (κ2) is 86.5. The molecule has 5 rings (SSSR count). The van der Waals surface area contributed by atoms with Crippen molar-refractivity contribution in [3.05, 3.63) is 68.3 Å². The van der Waals surface area contributed by atoms with E-state index in [0.29, 0.717) is 72.2 Å². The number of unbranched alkanes of at least 4 members (excludes halogenated alkanes) is 56. The van der Waals surface area contributed by atoms with Crippen LogP contribution < -0.4 is 0 Å². The van der Waals surface area contributed by atoms with E-state index in [1.54, 1.807) is 0 Å². The van der Waals surface area contributed by atoms with Crippen molar-refractivity contribution < 1.29 is 57.4 Å². The number of hydrogen-bond acceptors (Lipinski definition) is 10. The van der Waals surface area contributed by atoms with Gasteiger partial charge in [0.2, 0.25) is 0 Å². The number of fused-ring (bicyclic) bond motifs is 8. The third-order valence-corrected chi connectivity index (χ3v) is 27.1. The van der Waals surface area contributed by atoms with Gasteiger partial charge in [0.1, 0.15) is 0 Å². The Balaban J connectivity index is 0.0000348. The van der Waals surface area contributed by atoms with Gasteiger partial charge in [0, 0.05) is 107 Å². The van der Waals surface area contributed by atoms with Crippen LogP contribution in [-0.2, 0) is 102 Å². The molecule has 0 aromatic carbocycles. The smallest absolute Gasteiger partial charge is 0.0724 e. The minimum absolute atomic E-state index is 0. The number of hydrogen-bond donors (Lipinski definition) is 1. The summed E-state index contributed by atoms with van der Waals surface area (Å²) in [6.07, 6.45) is 93.7. The molecule has 0 unspecified atom stereocenters. The van der Waals surface area contributed by atoms with Crippen LogP contribution in [0.4, 0.5) is 0 Å². The molecule has 0 fully saturated rings. The van der Waals surface area contributed by atoms with Gasteiger partial charge in [-0.3, -0.25) is 0 Å².